The highest BCUT2D eigenvalue weighted by atomic mass is 35.5. The maximum Gasteiger partial charge on any atom is 0.339 e. The van der Waals surface area contributed by atoms with Crippen LogP contribution < -0.4 is 5.32 Å². The van der Waals surface area contributed by atoms with E-state index in [1.165, 1.54) is 37.3 Å². The van der Waals surface area contributed by atoms with Crippen molar-refractivity contribution in [1.29, 1.82) is 0 Å². The van der Waals surface area contributed by atoms with Gasteiger partial charge >= 0.3 is 5.97 Å². The predicted molar refractivity (Wildman–Crippen MR) is 94.5 cm³/mol. The Bertz CT molecular complexity index is 745. The van der Waals surface area contributed by atoms with Crippen LogP contribution in [0.25, 0.3) is 0 Å². The van der Waals surface area contributed by atoms with Gasteiger partial charge in [0.15, 0.2) is 6.10 Å². The van der Waals surface area contributed by atoms with Crippen LogP contribution in [0.4, 0.5) is 4.39 Å². The number of hydrogen-bond acceptors (Lipinski definition) is 3. The Hall–Kier alpha value is -2.11. The van der Waals surface area contributed by atoms with E-state index in [1.807, 2.05) is 0 Å². The first-order chi connectivity index (χ1) is 11.8. The molecule has 2 aromatic carbocycles. The number of ether oxygens (including phenoxy) is 1. The number of halogens is 3. The summed E-state index contributed by atoms with van der Waals surface area (Å²) in [4.78, 5) is 24.0. The molecule has 2 aromatic rings. The molecule has 0 saturated carbocycles. The first-order valence-electron chi connectivity index (χ1n) is 7.54. The molecule has 25 heavy (non-hydrogen) atoms. The van der Waals surface area contributed by atoms with Crippen LogP contribution in [-0.2, 0) is 16.0 Å². The molecule has 0 heterocycles. The molecule has 132 valence electrons. The minimum absolute atomic E-state index is 0.170. The molecule has 1 amide bonds. The average molecular weight is 384 g/mol. The summed E-state index contributed by atoms with van der Waals surface area (Å²) in [5, 5.41) is 3.27. The van der Waals surface area contributed by atoms with Crippen molar-refractivity contribution in [3.8, 4) is 0 Å². The van der Waals surface area contributed by atoms with Gasteiger partial charge in [-0.2, -0.15) is 0 Å². The number of benzene rings is 2. The lowest BCUT2D eigenvalue weighted by Gasteiger charge is -2.14. The Morgan fingerprint density at radius 3 is 2.32 bits per heavy atom. The molecule has 2 rings (SSSR count). The fourth-order valence-corrected chi connectivity index (χ4v) is 2.60. The molecule has 1 N–H and O–H groups in total. The topological polar surface area (TPSA) is 55.4 Å². The molecular weight excluding hydrogens is 368 g/mol. The van der Waals surface area contributed by atoms with E-state index in [-0.39, 0.29) is 11.4 Å². The molecule has 0 aromatic heterocycles. The van der Waals surface area contributed by atoms with Gasteiger partial charge in [-0.25, -0.2) is 9.18 Å². The zero-order valence-corrected chi connectivity index (χ0v) is 14.9. The SMILES string of the molecule is C[C@H](OC(=O)c1cc(Cl)cc(Cl)c1)C(=O)NCCc1ccc(F)cc1. The standard InChI is InChI=1S/C18H16Cl2FNO3/c1-11(25-18(24)13-8-14(19)10-15(20)9-13)17(23)22-7-6-12-2-4-16(21)5-3-12/h2-5,8-11H,6-7H2,1H3,(H,22,23)/t11-/m0/s1. The monoisotopic (exact) mass is 383 g/mol. The summed E-state index contributed by atoms with van der Waals surface area (Å²) in [5.41, 5.74) is 1.06. The molecule has 0 fully saturated rings. The minimum Gasteiger partial charge on any atom is -0.449 e. The van der Waals surface area contributed by atoms with E-state index in [9.17, 15) is 14.0 Å². The molecule has 0 aliphatic carbocycles. The van der Waals surface area contributed by atoms with E-state index in [0.29, 0.717) is 23.0 Å². The summed E-state index contributed by atoms with van der Waals surface area (Å²) in [6.45, 7) is 1.81. The van der Waals surface area contributed by atoms with Gasteiger partial charge < -0.3 is 10.1 Å². The van der Waals surface area contributed by atoms with Crippen LogP contribution in [-0.4, -0.2) is 24.5 Å². The zero-order chi connectivity index (χ0) is 18.4. The molecule has 4 nitrogen and oxygen atoms in total. The molecule has 0 unspecified atom stereocenters. The summed E-state index contributed by atoms with van der Waals surface area (Å²) in [6, 6.07) is 10.3. The highest BCUT2D eigenvalue weighted by Crippen LogP contribution is 2.20. The van der Waals surface area contributed by atoms with Crippen molar-refractivity contribution in [2.24, 2.45) is 0 Å². The van der Waals surface area contributed by atoms with Crippen molar-refractivity contribution in [1.82, 2.24) is 5.32 Å². The second kappa shape index (κ2) is 8.83. The van der Waals surface area contributed by atoms with Gasteiger partial charge in [0.1, 0.15) is 5.82 Å². The van der Waals surface area contributed by atoms with Crippen molar-refractivity contribution in [2.75, 3.05) is 6.54 Å². The lowest BCUT2D eigenvalue weighted by molar-refractivity contribution is -0.129. The quantitative estimate of drug-likeness (QED) is 0.765. The third-order valence-corrected chi connectivity index (χ3v) is 3.81. The van der Waals surface area contributed by atoms with Gasteiger partial charge in [0, 0.05) is 16.6 Å². The molecule has 0 bridgehead atoms. The van der Waals surface area contributed by atoms with E-state index in [0.717, 1.165) is 5.56 Å². The second-order valence-electron chi connectivity index (χ2n) is 5.37. The Labute approximate surface area is 154 Å². The molecule has 1 atom stereocenters. The molecule has 7 heteroatoms. The summed E-state index contributed by atoms with van der Waals surface area (Å²) >= 11 is 11.7. The van der Waals surface area contributed by atoms with E-state index in [2.05, 4.69) is 5.32 Å². The predicted octanol–water partition coefficient (Wildman–Crippen LogP) is 4.04. The van der Waals surface area contributed by atoms with Crippen LogP contribution in [0.2, 0.25) is 10.0 Å². The summed E-state index contributed by atoms with van der Waals surface area (Å²) in [7, 11) is 0. The van der Waals surface area contributed by atoms with Gasteiger partial charge in [-0.1, -0.05) is 35.3 Å². The fourth-order valence-electron chi connectivity index (χ4n) is 2.08. The highest BCUT2D eigenvalue weighted by molar-refractivity contribution is 6.35. The molecular formula is C18H16Cl2FNO3. The number of carbonyl (C=O) groups excluding carboxylic acids is 2. The number of amides is 1. The number of carbonyl (C=O) groups is 2. The summed E-state index contributed by atoms with van der Waals surface area (Å²) in [6.07, 6.45) is -0.435. The third kappa shape index (κ3) is 6.03. The van der Waals surface area contributed by atoms with Gasteiger partial charge in [-0.15, -0.1) is 0 Å². The van der Waals surface area contributed by atoms with Crippen LogP contribution in [0.15, 0.2) is 42.5 Å². The van der Waals surface area contributed by atoms with Crippen LogP contribution in [0, 0.1) is 5.82 Å². The Morgan fingerprint density at radius 2 is 1.72 bits per heavy atom. The van der Waals surface area contributed by atoms with Crippen molar-refractivity contribution in [2.45, 2.75) is 19.4 Å². The van der Waals surface area contributed by atoms with Crippen LogP contribution in [0.5, 0.6) is 0 Å². The highest BCUT2D eigenvalue weighted by Gasteiger charge is 2.19. The van der Waals surface area contributed by atoms with Crippen LogP contribution >= 0.6 is 23.2 Å². The molecule has 0 radical (unpaired) electrons. The first kappa shape index (κ1) is 19.2. The number of nitrogens with one attached hydrogen (secondary N) is 1. The minimum atomic E-state index is -0.974. The Balaban J connectivity index is 1.83. The van der Waals surface area contributed by atoms with Gasteiger partial charge in [-0.3, -0.25) is 4.79 Å². The Kier molecular flexibility index (Phi) is 6.79. The van der Waals surface area contributed by atoms with E-state index in [4.69, 9.17) is 27.9 Å². The van der Waals surface area contributed by atoms with Crippen LogP contribution in [0.3, 0.4) is 0 Å². The van der Waals surface area contributed by atoms with E-state index in [1.54, 1.807) is 12.1 Å². The molecule has 0 saturated heterocycles. The van der Waals surface area contributed by atoms with Gasteiger partial charge in [0.25, 0.3) is 5.91 Å². The van der Waals surface area contributed by atoms with Crippen molar-refractivity contribution in [3.05, 3.63) is 69.5 Å². The first-order valence-corrected chi connectivity index (χ1v) is 8.30. The average Bonchev–Trinajstić information content (AvgIpc) is 2.55. The third-order valence-electron chi connectivity index (χ3n) is 3.38. The van der Waals surface area contributed by atoms with Crippen molar-refractivity contribution < 1.29 is 18.7 Å². The normalized spacial score (nSPS) is 11.7. The molecule has 0 aliphatic heterocycles. The van der Waals surface area contributed by atoms with E-state index < -0.39 is 18.0 Å². The van der Waals surface area contributed by atoms with Gasteiger partial charge in [0.2, 0.25) is 0 Å². The van der Waals surface area contributed by atoms with Gasteiger partial charge in [0.05, 0.1) is 5.56 Å². The number of rotatable bonds is 6. The molecule has 0 aliphatic rings. The lowest BCUT2D eigenvalue weighted by Crippen LogP contribution is -2.36. The van der Waals surface area contributed by atoms with Gasteiger partial charge in [-0.05, 0) is 49.2 Å². The number of hydrogen-bond donors (Lipinski definition) is 1. The Morgan fingerprint density at radius 1 is 1.12 bits per heavy atom. The lowest BCUT2D eigenvalue weighted by atomic mass is 10.1. The largest absolute Gasteiger partial charge is 0.449 e. The molecule has 0 spiro atoms. The van der Waals surface area contributed by atoms with Crippen molar-refractivity contribution in [3.63, 3.8) is 0 Å². The second-order valence-corrected chi connectivity index (χ2v) is 6.25. The van der Waals surface area contributed by atoms with Crippen molar-refractivity contribution >= 4 is 35.1 Å². The summed E-state index contributed by atoms with van der Waals surface area (Å²) < 4.78 is 17.9. The fraction of sp³-hybridized carbons (Fsp3) is 0.222. The smallest absolute Gasteiger partial charge is 0.339 e. The maximum absolute atomic E-state index is 12.8. The van der Waals surface area contributed by atoms with E-state index >= 15 is 0 Å². The number of esters is 1. The van der Waals surface area contributed by atoms with Crippen LogP contribution in [0.1, 0.15) is 22.8 Å². The summed E-state index contributed by atoms with van der Waals surface area (Å²) in [5.74, 6) is -1.43. The zero-order valence-electron chi connectivity index (χ0n) is 13.4. The maximum atomic E-state index is 12.8.